The SMILES string of the molecule is CCCC(C)(C)OC(=O)ON1CCCC1. The lowest BCUT2D eigenvalue weighted by Crippen LogP contribution is -2.32. The van der Waals surface area contributed by atoms with Crippen LogP contribution < -0.4 is 0 Å². The highest BCUT2D eigenvalue weighted by Gasteiger charge is 2.25. The Morgan fingerprint density at radius 1 is 1.33 bits per heavy atom. The molecule has 0 bridgehead atoms. The lowest BCUT2D eigenvalue weighted by atomic mass is 10.0. The highest BCUT2D eigenvalue weighted by atomic mass is 16.8. The van der Waals surface area contributed by atoms with Crippen LogP contribution in [-0.2, 0) is 9.57 Å². The highest BCUT2D eigenvalue weighted by Crippen LogP contribution is 2.18. The average Bonchev–Trinajstić information content (AvgIpc) is 2.54. The van der Waals surface area contributed by atoms with Crippen molar-refractivity contribution in [2.45, 2.75) is 52.1 Å². The second-order valence-electron chi connectivity index (χ2n) is 4.59. The molecule has 0 amide bonds. The predicted molar refractivity (Wildman–Crippen MR) is 57.4 cm³/mol. The summed E-state index contributed by atoms with van der Waals surface area (Å²) in [5.74, 6) is 0. The van der Waals surface area contributed by atoms with E-state index in [0.717, 1.165) is 38.8 Å². The van der Waals surface area contributed by atoms with Crippen molar-refractivity contribution < 1.29 is 14.4 Å². The van der Waals surface area contributed by atoms with E-state index in [-0.39, 0.29) is 0 Å². The van der Waals surface area contributed by atoms with Gasteiger partial charge in [0.2, 0.25) is 0 Å². The van der Waals surface area contributed by atoms with Crippen molar-refractivity contribution in [1.29, 1.82) is 0 Å². The summed E-state index contributed by atoms with van der Waals surface area (Å²) in [6.45, 7) is 7.52. The smallest absolute Gasteiger partial charge is 0.427 e. The van der Waals surface area contributed by atoms with Crippen LogP contribution in [0.2, 0.25) is 0 Å². The Balaban J connectivity index is 2.27. The fraction of sp³-hybridized carbons (Fsp3) is 0.909. The Kier molecular flexibility index (Phi) is 4.39. The van der Waals surface area contributed by atoms with Crippen molar-refractivity contribution in [3.05, 3.63) is 0 Å². The van der Waals surface area contributed by atoms with E-state index < -0.39 is 11.8 Å². The highest BCUT2D eigenvalue weighted by molar-refractivity contribution is 5.60. The van der Waals surface area contributed by atoms with Crippen LogP contribution in [0.4, 0.5) is 4.79 Å². The molecule has 0 N–H and O–H groups in total. The third kappa shape index (κ3) is 4.51. The van der Waals surface area contributed by atoms with E-state index in [0.29, 0.717) is 0 Å². The van der Waals surface area contributed by atoms with Gasteiger partial charge < -0.3 is 9.57 Å². The number of rotatable bonds is 4. The molecule has 1 heterocycles. The van der Waals surface area contributed by atoms with Gasteiger partial charge in [0.15, 0.2) is 0 Å². The summed E-state index contributed by atoms with van der Waals surface area (Å²) in [6.07, 6.45) is 3.44. The first-order chi connectivity index (χ1) is 7.03. The summed E-state index contributed by atoms with van der Waals surface area (Å²) in [6, 6.07) is 0. The lowest BCUT2D eigenvalue weighted by Gasteiger charge is -2.25. The fourth-order valence-electron chi connectivity index (χ4n) is 1.78. The number of hydrogen-bond donors (Lipinski definition) is 0. The second kappa shape index (κ2) is 5.35. The van der Waals surface area contributed by atoms with E-state index >= 15 is 0 Å². The zero-order chi connectivity index (χ0) is 11.3. The maximum absolute atomic E-state index is 11.4. The van der Waals surface area contributed by atoms with E-state index in [9.17, 15) is 4.79 Å². The summed E-state index contributed by atoms with van der Waals surface area (Å²) >= 11 is 0. The molecule has 1 aliphatic rings. The summed E-state index contributed by atoms with van der Waals surface area (Å²) in [5, 5.41) is 1.67. The standard InChI is InChI=1S/C11H21NO3/c1-4-7-11(2,3)14-10(13)15-12-8-5-6-9-12/h4-9H2,1-3H3. The Bertz CT molecular complexity index is 210. The van der Waals surface area contributed by atoms with E-state index in [1.807, 2.05) is 13.8 Å². The van der Waals surface area contributed by atoms with E-state index in [1.54, 1.807) is 5.06 Å². The van der Waals surface area contributed by atoms with Gasteiger partial charge in [-0.1, -0.05) is 13.3 Å². The second-order valence-corrected chi connectivity index (χ2v) is 4.59. The molecule has 1 saturated heterocycles. The van der Waals surface area contributed by atoms with Crippen LogP contribution in [0.15, 0.2) is 0 Å². The Hall–Kier alpha value is -0.770. The van der Waals surface area contributed by atoms with E-state index in [1.165, 1.54) is 0 Å². The van der Waals surface area contributed by atoms with Gasteiger partial charge in [-0.3, -0.25) is 0 Å². The Morgan fingerprint density at radius 2 is 1.93 bits per heavy atom. The van der Waals surface area contributed by atoms with Crippen molar-refractivity contribution in [3.63, 3.8) is 0 Å². The molecule has 0 atom stereocenters. The number of carbonyl (C=O) groups excluding carboxylic acids is 1. The lowest BCUT2D eigenvalue weighted by molar-refractivity contribution is -0.133. The minimum Gasteiger partial charge on any atom is -0.427 e. The monoisotopic (exact) mass is 215 g/mol. The first kappa shape index (κ1) is 12.3. The van der Waals surface area contributed by atoms with Crippen molar-refractivity contribution in [3.8, 4) is 0 Å². The zero-order valence-corrected chi connectivity index (χ0v) is 9.91. The molecule has 0 spiro atoms. The molecule has 1 fully saturated rings. The molecule has 0 radical (unpaired) electrons. The predicted octanol–water partition coefficient (Wildman–Crippen LogP) is 2.73. The molecule has 0 aromatic heterocycles. The van der Waals surface area contributed by atoms with Crippen LogP contribution in [0, 0.1) is 0 Å². The van der Waals surface area contributed by atoms with E-state index in [4.69, 9.17) is 9.57 Å². The van der Waals surface area contributed by atoms with Gasteiger partial charge in [-0.15, -0.1) is 5.06 Å². The van der Waals surface area contributed by atoms with Crippen LogP contribution in [0.1, 0.15) is 46.5 Å². The van der Waals surface area contributed by atoms with Crippen molar-refractivity contribution in [2.75, 3.05) is 13.1 Å². The van der Waals surface area contributed by atoms with Gasteiger partial charge in [0.1, 0.15) is 5.60 Å². The first-order valence-electron chi connectivity index (χ1n) is 5.69. The number of carbonyl (C=O) groups is 1. The molecule has 4 heteroatoms. The maximum atomic E-state index is 11.4. The molecule has 15 heavy (non-hydrogen) atoms. The Labute approximate surface area is 91.5 Å². The number of nitrogens with zero attached hydrogens (tertiary/aromatic N) is 1. The van der Waals surface area contributed by atoms with Gasteiger partial charge in [0.05, 0.1) is 0 Å². The van der Waals surface area contributed by atoms with Crippen molar-refractivity contribution >= 4 is 6.16 Å². The molecular formula is C11H21NO3. The zero-order valence-electron chi connectivity index (χ0n) is 9.91. The van der Waals surface area contributed by atoms with Crippen LogP contribution >= 0.6 is 0 Å². The molecule has 1 aliphatic heterocycles. The normalized spacial score (nSPS) is 17.8. The molecule has 0 saturated carbocycles. The number of hydroxylamine groups is 2. The minimum absolute atomic E-state index is 0.425. The Morgan fingerprint density at radius 3 is 2.47 bits per heavy atom. The quantitative estimate of drug-likeness (QED) is 0.676. The first-order valence-corrected chi connectivity index (χ1v) is 5.69. The van der Waals surface area contributed by atoms with Crippen molar-refractivity contribution in [2.24, 2.45) is 0 Å². The third-order valence-corrected chi connectivity index (χ3v) is 2.48. The molecular weight excluding hydrogens is 194 g/mol. The summed E-state index contributed by atoms with van der Waals surface area (Å²) < 4.78 is 5.24. The third-order valence-electron chi connectivity index (χ3n) is 2.48. The molecule has 0 aromatic rings. The van der Waals surface area contributed by atoms with Gasteiger partial charge in [0.25, 0.3) is 0 Å². The number of hydrogen-bond acceptors (Lipinski definition) is 4. The van der Waals surface area contributed by atoms with Gasteiger partial charge in [-0.05, 0) is 33.1 Å². The maximum Gasteiger partial charge on any atom is 0.528 e. The van der Waals surface area contributed by atoms with Crippen LogP contribution in [-0.4, -0.2) is 29.9 Å². The molecule has 88 valence electrons. The van der Waals surface area contributed by atoms with Gasteiger partial charge in [-0.2, -0.15) is 0 Å². The molecule has 4 nitrogen and oxygen atoms in total. The van der Waals surface area contributed by atoms with E-state index in [2.05, 4.69) is 6.92 Å². The average molecular weight is 215 g/mol. The van der Waals surface area contributed by atoms with Gasteiger partial charge in [-0.25, -0.2) is 4.79 Å². The molecule has 0 aromatic carbocycles. The molecule has 0 aliphatic carbocycles. The topological polar surface area (TPSA) is 38.8 Å². The van der Waals surface area contributed by atoms with Gasteiger partial charge >= 0.3 is 6.16 Å². The number of ether oxygens (including phenoxy) is 1. The summed E-state index contributed by atoms with van der Waals surface area (Å²) in [4.78, 5) is 16.5. The molecule has 0 unspecified atom stereocenters. The summed E-state index contributed by atoms with van der Waals surface area (Å²) in [7, 11) is 0. The van der Waals surface area contributed by atoms with Crippen LogP contribution in [0.3, 0.4) is 0 Å². The fourth-order valence-corrected chi connectivity index (χ4v) is 1.78. The minimum atomic E-state index is -0.574. The van der Waals surface area contributed by atoms with Gasteiger partial charge in [0, 0.05) is 13.1 Å². The van der Waals surface area contributed by atoms with Crippen molar-refractivity contribution in [1.82, 2.24) is 5.06 Å². The van der Waals surface area contributed by atoms with Crippen LogP contribution in [0.5, 0.6) is 0 Å². The summed E-state index contributed by atoms with van der Waals surface area (Å²) in [5.41, 5.74) is -0.425. The molecule has 1 rings (SSSR count). The van der Waals surface area contributed by atoms with Crippen LogP contribution in [0.25, 0.3) is 0 Å². The largest absolute Gasteiger partial charge is 0.528 e.